The zero-order valence-corrected chi connectivity index (χ0v) is 11.1. The van der Waals surface area contributed by atoms with Crippen LogP contribution in [0.25, 0.3) is 0 Å². The molecule has 0 radical (unpaired) electrons. The van der Waals surface area contributed by atoms with Crippen molar-refractivity contribution in [2.24, 2.45) is 7.05 Å². The summed E-state index contributed by atoms with van der Waals surface area (Å²) in [7, 11) is 1.86. The highest BCUT2D eigenvalue weighted by atomic mass is 32.2. The van der Waals surface area contributed by atoms with E-state index in [9.17, 15) is 4.39 Å². The fraction of sp³-hybridized carbons (Fsp3) is 0.231. The summed E-state index contributed by atoms with van der Waals surface area (Å²) in [5.74, 6) is 5.56. The van der Waals surface area contributed by atoms with Gasteiger partial charge in [0.1, 0.15) is 18.8 Å². The largest absolute Gasteiger partial charge is 0.384 e. The Hall–Kier alpha value is -1.84. The third-order valence-electron chi connectivity index (χ3n) is 2.40. The van der Waals surface area contributed by atoms with Crippen LogP contribution in [0, 0.1) is 17.7 Å². The summed E-state index contributed by atoms with van der Waals surface area (Å²) in [6, 6.07) is 4.46. The van der Waals surface area contributed by atoms with Crippen LogP contribution in [0.15, 0.2) is 29.7 Å². The minimum absolute atomic E-state index is 0.244. The molecule has 0 atom stereocenters. The first-order valence-corrected chi connectivity index (χ1v) is 6.54. The molecule has 0 unspecified atom stereocenters. The van der Waals surface area contributed by atoms with Crippen molar-refractivity contribution in [2.45, 2.75) is 10.9 Å². The van der Waals surface area contributed by atoms with Gasteiger partial charge in [-0.05, 0) is 17.7 Å². The molecule has 2 aromatic rings. The van der Waals surface area contributed by atoms with E-state index in [2.05, 4.69) is 22.0 Å². The number of aryl methyl sites for hydroxylation is 1. The van der Waals surface area contributed by atoms with Gasteiger partial charge in [0.2, 0.25) is 0 Å². The lowest BCUT2D eigenvalue weighted by Gasteiger charge is -2.04. The van der Waals surface area contributed by atoms with E-state index in [1.807, 2.05) is 11.6 Å². The molecule has 4 nitrogen and oxygen atoms in total. The van der Waals surface area contributed by atoms with E-state index < -0.39 is 0 Å². The second-order valence-electron chi connectivity index (χ2n) is 3.77. The molecule has 1 N–H and O–H groups in total. The topological polar surface area (TPSA) is 50.9 Å². The average Bonchev–Trinajstić information content (AvgIpc) is 2.81. The molecule has 1 aromatic carbocycles. The molecule has 2 rings (SSSR count). The number of hydrogen-bond acceptors (Lipinski definition) is 4. The number of nitrogens with zero attached hydrogens (tertiary/aromatic N) is 3. The van der Waals surface area contributed by atoms with Crippen molar-refractivity contribution in [1.82, 2.24) is 14.8 Å². The van der Waals surface area contributed by atoms with Crippen LogP contribution in [0.4, 0.5) is 4.39 Å². The van der Waals surface area contributed by atoms with Gasteiger partial charge < -0.3 is 9.67 Å². The fourth-order valence-electron chi connectivity index (χ4n) is 1.47. The van der Waals surface area contributed by atoms with Gasteiger partial charge >= 0.3 is 0 Å². The second kappa shape index (κ2) is 6.36. The van der Waals surface area contributed by atoms with E-state index >= 15 is 0 Å². The molecule has 0 aliphatic carbocycles. The Morgan fingerprint density at radius 1 is 1.47 bits per heavy atom. The van der Waals surface area contributed by atoms with Gasteiger partial charge in [0.25, 0.3) is 0 Å². The van der Waals surface area contributed by atoms with Crippen LogP contribution in [0.2, 0.25) is 0 Å². The van der Waals surface area contributed by atoms with Crippen molar-refractivity contribution in [3.63, 3.8) is 0 Å². The molecule has 0 saturated carbocycles. The predicted molar refractivity (Wildman–Crippen MR) is 70.9 cm³/mol. The molecule has 0 spiro atoms. The van der Waals surface area contributed by atoms with Crippen LogP contribution in [0.1, 0.15) is 11.1 Å². The van der Waals surface area contributed by atoms with Gasteiger partial charge in [-0.25, -0.2) is 4.39 Å². The summed E-state index contributed by atoms with van der Waals surface area (Å²) in [6.07, 6.45) is 1.62. The van der Waals surface area contributed by atoms with Gasteiger partial charge in [0.15, 0.2) is 5.16 Å². The highest BCUT2D eigenvalue weighted by Gasteiger charge is 2.06. The molecular formula is C13H12FN3OS. The highest BCUT2D eigenvalue weighted by Crippen LogP contribution is 2.22. The quantitative estimate of drug-likeness (QED) is 0.684. The third kappa shape index (κ3) is 3.56. The molecule has 0 amide bonds. The maximum Gasteiger partial charge on any atom is 0.191 e. The second-order valence-corrected chi connectivity index (χ2v) is 4.72. The zero-order chi connectivity index (χ0) is 13.7. The number of thioether (sulfide) groups is 1. The lowest BCUT2D eigenvalue weighted by Crippen LogP contribution is -1.93. The molecular weight excluding hydrogens is 265 g/mol. The van der Waals surface area contributed by atoms with Crippen LogP contribution in [0.5, 0.6) is 0 Å². The standard InChI is InChI=1S/C13H12FN3OS/c1-17-9-15-16-13(17)19-8-11-4-5-12(14)7-10(11)3-2-6-18/h4-5,7,9,18H,6,8H2,1H3. The Kier molecular flexibility index (Phi) is 4.55. The van der Waals surface area contributed by atoms with E-state index in [-0.39, 0.29) is 12.4 Å². The number of rotatable bonds is 3. The maximum atomic E-state index is 13.2. The van der Waals surface area contributed by atoms with Crippen LogP contribution in [-0.2, 0) is 12.8 Å². The number of benzene rings is 1. The van der Waals surface area contributed by atoms with E-state index in [1.54, 1.807) is 12.4 Å². The van der Waals surface area contributed by atoms with E-state index in [1.165, 1.54) is 23.9 Å². The zero-order valence-electron chi connectivity index (χ0n) is 10.3. The van der Waals surface area contributed by atoms with Crippen LogP contribution in [0.3, 0.4) is 0 Å². The SMILES string of the molecule is Cn1cnnc1SCc1ccc(F)cc1C#CCO. The molecule has 0 bridgehead atoms. The minimum atomic E-state index is -0.338. The van der Waals surface area contributed by atoms with Gasteiger partial charge in [0, 0.05) is 18.4 Å². The predicted octanol–water partition coefficient (Wildman–Crippen LogP) is 1.59. The Bertz CT molecular complexity index is 630. The number of aliphatic hydroxyl groups excluding tert-OH is 1. The molecule has 1 aromatic heterocycles. The minimum Gasteiger partial charge on any atom is -0.384 e. The van der Waals surface area contributed by atoms with Crippen LogP contribution < -0.4 is 0 Å². The molecule has 0 saturated heterocycles. The normalized spacial score (nSPS) is 10.1. The molecule has 0 aliphatic heterocycles. The van der Waals surface area contributed by atoms with Gasteiger partial charge in [0.05, 0.1) is 0 Å². The van der Waals surface area contributed by atoms with Gasteiger partial charge in [-0.15, -0.1) is 10.2 Å². The Morgan fingerprint density at radius 3 is 3.00 bits per heavy atom. The molecule has 19 heavy (non-hydrogen) atoms. The smallest absolute Gasteiger partial charge is 0.191 e. The summed E-state index contributed by atoms with van der Waals surface area (Å²) >= 11 is 1.50. The molecule has 6 heteroatoms. The Balaban J connectivity index is 2.17. The summed E-state index contributed by atoms with van der Waals surface area (Å²) in [5.41, 5.74) is 1.49. The van der Waals surface area contributed by atoms with Crippen molar-refractivity contribution in [3.8, 4) is 11.8 Å². The molecule has 0 fully saturated rings. The van der Waals surface area contributed by atoms with Crippen molar-refractivity contribution < 1.29 is 9.50 Å². The molecule has 0 aliphatic rings. The fourth-order valence-corrected chi connectivity index (χ4v) is 2.36. The first-order chi connectivity index (χ1) is 9.20. The van der Waals surface area contributed by atoms with Gasteiger partial charge in [-0.2, -0.15) is 0 Å². The number of hydrogen-bond donors (Lipinski definition) is 1. The van der Waals surface area contributed by atoms with E-state index in [4.69, 9.17) is 5.11 Å². The lowest BCUT2D eigenvalue weighted by molar-refractivity contribution is 0.350. The first-order valence-electron chi connectivity index (χ1n) is 5.55. The van der Waals surface area contributed by atoms with E-state index in [0.717, 1.165) is 10.7 Å². The number of aromatic nitrogens is 3. The number of halogens is 1. The van der Waals surface area contributed by atoms with Crippen molar-refractivity contribution >= 4 is 11.8 Å². The maximum absolute atomic E-state index is 13.2. The Morgan fingerprint density at radius 2 is 2.32 bits per heavy atom. The third-order valence-corrected chi connectivity index (χ3v) is 3.48. The van der Waals surface area contributed by atoms with Crippen LogP contribution >= 0.6 is 11.8 Å². The average molecular weight is 277 g/mol. The Labute approximate surface area is 114 Å². The number of aliphatic hydroxyl groups is 1. The summed E-state index contributed by atoms with van der Waals surface area (Å²) in [4.78, 5) is 0. The van der Waals surface area contributed by atoms with Crippen LogP contribution in [-0.4, -0.2) is 26.5 Å². The molecule has 98 valence electrons. The lowest BCUT2D eigenvalue weighted by atomic mass is 10.1. The van der Waals surface area contributed by atoms with Gasteiger partial charge in [-0.1, -0.05) is 29.7 Å². The van der Waals surface area contributed by atoms with Crippen molar-refractivity contribution in [1.29, 1.82) is 0 Å². The van der Waals surface area contributed by atoms with Crippen molar-refractivity contribution in [2.75, 3.05) is 6.61 Å². The monoisotopic (exact) mass is 277 g/mol. The molecule has 1 heterocycles. The summed E-state index contributed by atoms with van der Waals surface area (Å²) in [5, 5.41) is 17.3. The van der Waals surface area contributed by atoms with Crippen molar-refractivity contribution in [3.05, 3.63) is 41.5 Å². The first kappa shape index (κ1) is 13.6. The summed E-state index contributed by atoms with van der Waals surface area (Å²) in [6.45, 7) is -0.244. The van der Waals surface area contributed by atoms with E-state index in [0.29, 0.717) is 11.3 Å². The summed E-state index contributed by atoms with van der Waals surface area (Å²) < 4.78 is 15.0. The highest BCUT2D eigenvalue weighted by molar-refractivity contribution is 7.98. The van der Waals surface area contributed by atoms with Gasteiger partial charge in [-0.3, -0.25) is 0 Å².